The molecule has 2 aromatic heterocycles. The van der Waals surface area contributed by atoms with Crippen molar-refractivity contribution < 1.29 is 14.0 Å². The Morgan fingerprint density at radius 1 is 0.973 bits per heavy atom. The normalized spacial score (nSPS) is 23.3. The maximum absolute atomic E-state index is 6.18. The van der Waals surface area contributed by atoms with Crippen molar-refractivity contribution in [3.63, 3.8) is 0 Å². The van der Waals surface area contributed by atoms with E-state index in [0.29, 0.717) is 12.0 Å². The maximum atomic E-state index is 6.18. The van der Waals surface area contributed by atoms with Gasteiger partial charge in [-0.05, 0) is 31.0 Å². The van der Waals surface area contributed by atoms with Crippen LogP contribution in [0.3, 0.4) is 0 Å². The third kappa shape index (κ3) is 6.06. The molecule has 0 aliphatic carbocycles. The minimum Gasteiger partial charge on any atom is -0.477 e. The van der Waals surface area contributed by atoms with Crippen molar-refractivity contribution in [2.75, 3.05) is 77.1 Å². The first-order chi connectivity index (χ1) is 18.3. The Morgan fingerprint density at radius 2 is 1.89 bits per heavy atom. The number of pyridine rings is 1. The van der Waals surface area contributed by atoms with Crippen LogP contribution in [0.1, 0.15) is 18.5 Å². The first-order valence-corrected chi connectivity index (χ1v) is 13.7. The number of benzene rings is 1. The molecule has 198 valence electrons. The topological polar surface area (TPSA) is 79.1 Å². The number of para-hydroxylation sites is 1. The summed E-state index contributed by atoms with van der Waals surface area (Å²) in [6, 6.07) is 14.8. The lowest BCUT2D eigenvalue weighted by Crippen LogP contribution is -2.57. The average molecular weight is 507 g/mol. The molecule has 1 N–H and O–H groups in total. The summed E-state index contributed by atoms with van der Waals surface area (Å²) in [5.41, 5.74) is 1.89. The Bertz CT molecular complexity index is 1150. The van der Waals surface area contributed by atoms with Crippen molar-refractivity contribution in [1.82, 2.24) is 25.3 Å². The molecule has 0 spiro atoms. The lowest BCUT2D eigenvalue weighted by Gasteiger charge is -2.46. The standard InChI is InChI=1S/C28H38N6O3/c1-2-6-26-25(5-1)28(31-37-26)34-13-12-33-19-22(8-9-24(33)20-34)21-36-27-7-3-4-23(30-27)18-29-10-11-32-14-16-35-17-15-32/h1-7,22,24,29H,8-21H2. The van der Waals surface area contributed by atoms with Gasteiger partial charge in [-0.2, -0.15) is 0 Å². The number of nitrogens with one attached hydrogen (secondary N) is 1. The van der Waals surface area contributed by atoms with Crippen LogP contribution in [0.25, 0.3) is 11.0 Å². The van der Waals surface area contributed by atoms with Gasteiger partial charge in [-0.15, -0.1) is 0 Å². The van der Waals surface area contributed by atoms with Crippen LogP contribution < -0.4 is 15.0 Å². The van der Waals surface area contributed by atoms with Gasteiger partial charge in [0.15, 0.2) is 11.4 Å². The van der Waals surface area contributed by atoms with Crippen LogP contribution in [-0.2, 0) is 11.3 Å². The predicted octanol–water partition coefficient (Wildman–Crippen LogP) is 2.62. The first kappa shape index (κ1) is 24.6. The van der Waals surface area contributed by atoms with E-state index < -0.39 is 0 Å². The summed E-state index contributed by atoms with van der Waals surface area (Å²) < 4.78 is 17.1. The summed E-state index contributed by atoms with van der Waals surface area (Å²) in [5, 5.41) is 9.01. The van der Waals surface area contributed by atoms with E-state index >= 15 is 0 Å². The van der Waals surface area contributed by atoms with E-state index in [2.05, 4.69) is 43.4 Å². The minimum atomic E-state index is 0.535. The summed E-state index contributed by atoms with van der Waals surface area (Å²) >= 11 is 0. The molecule has 5 heterocycles. The fourth-order valence-corrected chi connectivity index (χ4v) is 5.81. The SMILES string of the molecule is c1cc(CNCCN2CCOCC2)nc(OCC2CCC3CN(c4noc5ccccc45)CCN3C2)c1. The Morgan fingerprint density at radius 3 is 2.84 bits per heavy atom. The van der Waals surface area contributed by atoms with E-state index in [9.17, 15) is 0 Å². The van der Waals surface area contributed by atoms with Crippen LogP contribution in [0.5, 0.6) is 5.88 Å². The van der Waals surface area contributed by atoms with Gasteiger partial charge < -0.3 is 24.2 Å². The van der Waals surface area contributed by atoms with Crippen molar-refractivity contribution in [1.29, 1.82) is 0 Å². The molecule has 37 heavy (non-hydrogen) atoms. The van der Waals surface area contributed by atoms with Crippen LogP contribution in [0.2, 0.25) is 0 Å². The number of ether oxygens (including phenoxy) is 2. The van der Waals surface area contributed by atoms with Gasteiger partial charge in [0.2, 0.25) is 5.88 Å². The summed E-state index contributed by atoms with van der Waals surface area (Å²) in [7, 11) is 0. The second kappa shape index (κ2) is 11.8. The molecule has 1 aromatic carbocycles. The second-order valence-electron chi connectivity index (χ2n) is 10.4. The molecule has 3 fully saturated rings. The third-order valence-corrected chi connectivity index (χ3v) is 7.93. The van der Waals surface area contributed by atoms with Crippen LogP contribution in [0.4, 0.5) is 5.82 Å². The largest absolute Gasteiger partial charge is 0.477 e. The molecule has 3 saturated heterocycles. The minimum absolute atomic E-state index is 0.535. The number of nitrogens with zero attached hydrogens (tertiary/aromatic N) is 5. The fraction of sp³-hybridized carbons (Fsp3) is 0.571. The van der Waals surface area contributed by atoms with E-state index in [1.54, 1.807) is 0 Å². The molecule has 9 heteroatoms. The maximum Gasteiger partial charge on any atom is 0.213 e. The van der Waals surface area contributed by atoms with Gasteiger partial charge in [-0.1, -0.05) is 23.4 Å². The number of rotatable bonds is 9. The number of fused-ring (bicyclic) bond motifs is 2. The molecule has 3 aliphatic rings. The van der Waals surface area contributed by atoms with Crippen LogP contribution in [-0.4, -0.2) is 98.2 Å². The highest BCUT2D eigenvalue weighted by atomic mass is 16.5. The molecular weight excluding hydrogens is 468 g/mol. The van der Waals surface area contributed by atoms with Gasteiger partial charge in [0.25, 0.3) is 0 Å². The number of morpholine rings is 1. The number of aromatic nitrogens is 2. The van der Waals surface area contributed by atoms with Crippen molar-refractivity contribution in [2.24, 2.45) is 5.92 Å². The van der Waals surface area contributed by atoms with E-state index in [0.717, 1.165) is 107 Å². The lowest BCUT2D eigenvalue weighted by atomic mass is 9.91. The molecule has 9 nitrogen and oxygen atoms in total. The fourth-order valence-electron chi connectivity index (χ4n) is 5.81. The van der Waals surface area contributed by atoms with Crippen LogP contribution in [0, 0.1) is 5.92 Å². The molecular formula is C28H38N6O3. The van der Waals surface area contributed by atoms with E-state index in [1.807, 2.05) is 24.3 Å². The van der Waals surface area contributed by atoms with Gasteiger partial charge >= 0.3 is 0 Å². The Hall–Kier alpha value is -2.72. The number of piperidine rings is 1. The number of anilines is 1. The monoisotopic (exact) mass is 506 g/mol. The van der Waals surface area contributed by atoms with Crippen LogP contribution in [0.15, 0.2) is 47.0 Å². The highest BCUT2D eigenvalue weighted by molar-refractivity contribution is 5.88. The summed E-state index contributed by atoms with van der Waals surface area (Å²) in [5.74, 6) is 2.26. The van der Waals surface area contributed by atoms with Gasteiger partial charge in [-0.3, -0.25) is 9.80 Å². The molecule has 3 aliphatic heterocycles. The van der Waals surface area contributed by atoms with Crippen molar-refractivity contribution in [3.05, 3.63) is 48.2 Å². The number of hydrogen-bond acceptors (Lipinski definition) is 9. The summed E-state index contributed by atoms with van der Waals surface area (Å²) in [6.07, 6.45) is 2.36. The summed E-state index contributed by atoms with van der Waals surface area (Å²) in [6.45, 7) is 11.3. The van der Waals surface area contributed by atoms with E-state index in [1.165, 1.54) is 12.8 Å². The molecule has 0 radical (unpaired) electrons. The van der Waals surface area contributed by atoms with Gasteiger partial charge in [0, 0.05) is 76.9 Å². The highest BCUT2D eigenvalue weighted by Gasteiger charge is 2.34. The quantitative estimate of drug-likeness (QED) is 0.441. The molecule has 0 saturated carbocycles. The zero-order valence-corrected chi connectivity index (χ0v) is 21.6. The zero-order valence-electron chi connectivity index (χ0n) is 21.6. The van der Waals surface area contributed by atoms with Gasteiger partial charge in [0.05, 0.1) is 30.9 Å². The van der Waals surface area contributed by atoms with E-state index in [4.69, 9.17) is 19.0 Å². The smallest absolute Gasteiger partial charge is 0.213 e. The van der Waals surface area contributed by atoms with Gasteiger partial charge in [0.1, 0.15) is 0 Å². The first-order valence-electron chi connectivity index (χ1n) is 13.7. The zero-order chi connectivity index (χ0) is 24.9. The third-order valence-electron chi connectivity index (χ3n) is 7.93. The summed E-state index contributed by atoms with van der Waals surface area (Å²) in [4.78, 5) is 12.2. The molecule has 0 amide bonds. The molecule has 2 atom stereocenters. The van der Waals surface area contributed by atoms with Crippen molar-refractivity contribution >= 4 is 16.8 Å². The number of hydrogen-bond donors (Lipinski definition) is 1. The Labute approximate surface area is 218 Å². The van der Waals surface area contributed by atoms with Gasteiger partial charge in [-0.25, -0.2) is 4.98 Å². The molecule has 6 rings (SSSR count). The van der Waals surface area contributed by atoms with Crippen molar-refractivity contribution in [3.8, 4) is 5.88 Å². The van der Waals surface area contributed by atoms with E-state index in [-0.39, 0.29) is 0 Å². The lowest BCUT2D eigenvalue weighted by molar-refractivity contribution is 0.0384. The average Bonchev–Trinajstić information content (AvgIpc) is 3.39. The van der Waals surface area contributed by atoms with Crippen molar-refractivity contribution in [2.45, 2.75) is 25.4 Å². The predicted molar refractivity (Wildman–Crippen MR) is 143 cm³/mol. The molecule has 0 bridgehead atoms. The Balaban J connectivity index is 0.944. The highest BCUT2D eigenvalue weighted by Crippen LogP contribution is 2.31. The molecule has 3 aromatic rings. The Kier molecular flexibility index (Phi) is 7.83. The van der Waals surface area contributed by atoms with Crippen LogP contribution >= 0.6 is 0 Å². The second-order valence-corrected chi connectivity index (χ2v) is 10.4. The molecule has 2 unspecified atom stereocenters. The number of piperazine rings is 1.